The second-order valence-corrected chi connectivity index (χ2v) is 4.46. The Morgan fingerprint density at radius 3 is 2.87 bits per heavy atom. The summed E-state index contributed by atoms with van der Waals surface area (Å²) in [6, 6.07) is -0.267. The van der Waals surface area contributed by atoms with Crippen molar-refractivity contribution in [3.63, 3.8) is 0 Å². The molecule has 2 amide bonds. The molecular formula is C10H17N3O2. The van der Waals surface area contributed by atoms with Crippen LogP contribution in [-0.4, -0.2) is 37.5 Å². The van der Waals surface area contributed by atoms with Gasteiger partial charge in [0.1, 0.15) is 6.04 Å². The van der Waals surface area contributed by atoms with Gasteiger partial charge in [0, 0.05) is 13.1 Å². The van der Waals surface area contributed by atoms with Crippen molar-refractivity contribution in [1.29, 1.82) is 0 Å². The molecule has 5 nitrogen and oxygen atoms in total. The fraction of sp³-hybridized carbons (Fsp3) is 0.800. The summed E-state index contributed by atoms with van der Waals surface area (Å²) in [6.45, 7) is 3.59. The molecule has 0 aromatic rings. The Morgan fingerprint density at radius 1 is 1.60 bits per heavy atom. The molecule has 0 aromatic carbocycles. The van der Waals surface area contributed by atoms with Crippen molar-refractivity contribution in [3.05, 3.63) is 0 Å². The van der Waals surface area contributed by atoms with E-state index in [2.05, 4.69) is 22.9 Å². The number of piperazine rings is 1. The predicted octanol–water partition coefficient (Wildman–Crippen LogP) is -1.15. The minimum absolute atomic E-state index is 0.00546. The van der Waals surface area contributed by atoms with Gasteiger partial charge < -0.3 is 10.6 Å². The minimum Gasteiger partial charge on any atom is -0.354 e. The number of hydrogen-bond acceptors (Lipinski definition) is 3. The Labute approximate surface area is 89.0 Å². The van der Waals surface area contributed by atoms with E-state index in [0.29, 0.717) is 12.5 Å². The molecule has 3 N–H and O–H groups in total. The van der Waals surface area contributed by atoms with Crippen molar-refractivity contribution in [2.45, 2.75) is 19.4 Å². The van der Waals surface area contributed by atoms with Crippen LogP contribution >= 0.6 is 0 Å². The van der Waals surface area contributed by atoms with Gasteiger partial charge in [-0.15, -0.1) is 0 Å². The second-order valence-electron chi connectivity index (χ2n) is 4.46. The van der Waals surface area contributed by atoms with E-state index in [-0.39, 0.29) is 24.4 Å². The highest BCUT2D eigenvalue weighted by atomic mass is 16.2. The maximum absolute atomic E-state index is 11.6. The first-order valence-corrected chi connectivity index (χ1v) is 5.44. The molecule has 1 saturated carbocycles. The van der Waals surface area contributed by atoms with Crippen molar-refractivity contribution < 1.29 is 9.59 Å². The van der Waals surface area contributed by atoms with Gasteiger partial charge in [-0.3, -0.25) is 14.9 Å². The smallest absolute Gasteiger partial charge is 0.238 e. The fourth-order valence-electron chi connectivity index (χ4n) is 1.79. The lowest BCUT2D eigenvalue weighted by molar-refractivity contribution is -0.126. The molecule has 1 saturated heterocycles. The Balaban J connectivity index is 1.69. The van der Waals surface area contributed by atoms with Crippen molar-refractivity contribution >= 4 is 11.8 Å². The molecule has 3 unspecified atom stereocenters. The van der Waals surface area contributed by atoms with Gasteiger partial charge in [-0.2, -0.15) is 0 Å². The van der Waals surface area contributed by atoms with Crippen molar-refractivity contribution in [2.24, 2.45) is 11.8 Å². The molecule has 1 aliphatic heterocycles. The van der Waals surface area contributed by atoms with E-state index in [1.165, 1.54) is 6.42 Å². The van der Waals surface area contributed by atoms with Crippen LogP contribution in [0.3, 0.4) is 0 Å². The Morgan fingerprint density at radius 2 is 2.33 bits per heavy atom. The maximum Gasteiger partial charge on any atom is 0.238 e. The monoisotopic (exact) mass is 211 g/mol. The second kappa shape index (κ2) is 4.18. The summed E-state index contributed by atoms with van der Waals surface area (Å²) in [6.07, 6.45) is 1.22. The quantitative estimate of drug-likeness (QED) is 0.552. The number of carbonyl (C=O) groups excluding carboxylic acids is 2. The molecule has 0 aromatic heterocycles. The molecule has 0 spiro atoms. The SMILES string of the molecule is CC1CC1CNC(=O)C1CNC(=O)CN1. The van der Waals surface area contributed by atoms with Gasteiger partial charge in [-0.25, -0.2) is 0 Å². The normalized spacial score (nSPS) is 34.5. The van der Waals surface area contributed by atoms with E-state index < -0.39 is 0 Å². The van der Waals surface area contributed by atoms with Crippen LogP contribution in [0.15, 0.2) is 0 Å². The van der Waals surface area contributed by atoms with E-state index in [1.54, 1.807) is 0 Å². The van der Waals surface area contributed by atoms with Gasteiger partial charge in [0.05, 0.1) is 6.54 Å². The van der Waals surface area contributed by atoms with Crippen LogP contribution in [0.2, 0.25) is 0 Å². The highest BCUT2D eigenvalue weighted by Gasteiger charge is 2.33. The molecule has 0 radical (unpaired) electrons. The molecule has 5 heteroatoms. The first-order chi connectivity index (χ1) is 7.16. The lowest BCUT2D eigenvalue weighted by Gasteiger charge is -2.23. The van der Waals surface area contributed by atoms with Gasteiger partial charge in [-0.1, -0.05) is 6.92 Å². The zero-order valence-corrected chi connectivity index (χ0v) is 8.88. The number of rotatable bonds is 3. The van der Waals surface area contributed by atoms with Crippen LogP contribution in [0.5, 0.6) is 0 Å². The van der Waals surface area contributed by atoms with Crippen LogP contribution < -0.4 is 16.0 Å². The third-order valence-corrected chi connectivity index (χ3v) is 3.14. The van der Waals surface area contributed by atoms with Gasteiger partial charge >= 0.3 is 0 Å². The van der Waals surface area contributed by atoms with Crippen molar-refractivity contribution in [2.75, 3.05) is 19.6 Å². The van der Waals surface area contributed by atoms with Crippen LogP contribution in [0.4, 0.5) is 0 Å². The van der Waals surface area contributed by atoms with Crippen molar-refractivity contribution in [3.8, 4) is 0 Å². The molecule has 15 heavy (non-hydrogen) atoms. The molecule has 2 aliphatic rings. The molecular weight excluding hydrogens is 194 g/mol. The molecule has 1 heterocycles. The number of nitrogens with one attached hydrogen (secondary N) is 3. The fourth-order valence-corrected chi connectivity index (χ4v) is 1.79. The summed E-state index contributed by atoms with van der Waals surface area (Å²) in [5.74, 6) is 1.36. The van der Waals surface area contributed by atoms with Crippen LogP contribution in [0.25, 0.3) is 0 Å². The van der Waals surface area contributed by atoms with Gasteiger partial charge in [0.2, 0.25) is 11.8 Å². The summed E-state index contributed by atoms with van der Waals surface area (Å²) in [4.78, 5) is 22.5. The van der Waals surface area contributed by atoms with Crippen LogP contribution in [0, 0.1) is 11.8 Å². The third kappa shape index (κ3) is 2.68. The predicted molar refractivity (Wildman–Crippen MR) is 55.1 cm³/mol. The average molecular weight is 211 g/mol. The molecule has 2 rings (SSSR count). The van der Waals surface area contributed by atoms with E-state index in [4.69, 9.17) is 0 Å². The summed E-state index contributed by atoms with van der Waals surface area (Å²) >= 11 is 0. The number of carbonyl (C=O) groups is 2. The summed E-state index contributed by atoms with van der Waals surface area (Å²) in [5.41, 5.74) is 0. The molecule has 1 aliphatic carbocycles. The van der Waals surface area contributed by atoms with Crippen molar-refractivity contribution in [1.82, 2.24) is 16.0 Å². The third-order valence-electron chi connectivity index (χ3n) is 3.14. The van der Waals surface area contributed by atoms with E-state index in [9.17, 15) is 9.59 Å². The molecule has 0 bridgehead atoms. The van der Waals surface area contributed by atoms with Crippen LogP contribution in [0.1, 0.15) is 13.3 Å². The largest absolute Gasteiger partial charge is 0.354 e. The number of amides is 2. The van der Waals surface area contributed by atoms with Gasteiger partial charge in [0.15, 0.2) is 0 Å². The lowest BCUT2D eigenvalue weighted by atomic mass is 10.2. The van der Waals surface area contributed by atoms with E-state index in [1.807, 2.05) is 0 Å². The summed E-state index contributed by atoms with van der Waals surface area (Å²) in [5, 5.41) is 8.47. The minimum atomic E-state index is -0.267. The van der Waals surface area contributed by atoms with E-state index >= 15 is 0 Å². The Hall–Kier alpha value is -1.10. The lowest BCUT2D eigenvalue weighted by Crippen LogP contribution is -2.58. The molecule has 2 fully saturated rings. The topological polar surface area (TPSA) is 70.2 Å². The zero-order chi connectivity index (χ0) is 10.8. The molecule has 3 atom stereocenters. The highest BCUT2D eigenvalue weighted by molar-refractivity contribution is 5.86. The zero-order valence-electron chi connectivity index (χ0n) is 8.88. The van der Waals surface area contributed by atoms with Gasteiger partial charge in [-0.05, 0) is 18.3 Å². The summed E-state index contributed by atoms with van der Waals surface area (Å²) in [7, 11) is 0. The summed E-state index contributed by atoms with van der Waals surface area (Å²) < 4.78 is 0. The Bertz CT molecular complexity index is 270. The average Bonchev–Trinajstić information content (AvgIpc) is 2.92. The number of hydrogen-bond donors (Lipinski definition) is 3. The standard InChI is InChI=1S/C10H17N3O2/c1-6-2-7(6)3-13-10(15)8-4-12-9(14)5-11-8/h6-8,11H,2-5H2,1H3,(H,12,14)(H,13,15). The van der Waals surface area contributed by atoms with Crippen LogP contribution in [-0.2, 0) is 9.59 Å². The first-order valence-electron chi connectivity index (χ1n) is 5.44. The molecule has 84 valence electrons. The first kappa shape index (κ1) is 10.4. The highest BCUT2D eigenvalue weighted by Crippen LogP contribution is 2.36. The maximum atomic E-state index is 11.6. The van der Waals surface area contributed by atoms with Gasteiger partial charge in [0.25, 0.3) is 0 Å². The van der Waals surface area contributed by atoms with E-state index in [0.717, 1.165) is 12.5 Å². The Kier molecular flexibility index (Phi) is 2.90.